The Kier molecular flexibility index (Phi) is 6.23. The fourth-order valence-corrected chi connectivity index (χ4v) is 1.34. The Balaban J connectivity index is 2.51. The van der Waals surface area contributed by atoms with Gasteiger partial charge >= 0.3 is 6.01 Å². The zero-order valence-corrected chi connectivity index (χ0v) is 11.5. The van der Waals surface area contributed by atoms with E-state index in [1.807, 2.05) is 13.8 Å². The van der Waals surface area contributed by atoms with Crippen LogP contribution in [-0.4, -0.2) is 52.5 Å². The zero-order chi connectivity index (χ0) is 14.3. The number of anilines is 2. The maximum absolute atomic E-state index is 9.49. The van der Waals surface area contributed by atoms with Gasteiger partial charge in [0, 0.05) is 13.7 Å². The van der Waals surface area contributed by atoms with Crippen molar-refractivity contribution in [2.75, 3.05) is 31.3 Å². The van der Waals surface area contributed by atoms with E-state index in [-0.39, 0.29) is 18.1 Å². The summed E-state index contributed by atoms with van der Waals surface area (Å²) in [6.45, 7) is 4.53. The lowest BCUT2D eigenvalue weighted by Gasteiger charge is -2.11. The van der Waals surface area contributed by atoms with E-state index < -0.39 is 6.10 Å². The molecule has 0 aliphatic carbocycles. The van der Waals surface area contributed by atoms with Gasteiger partial charge in [0.2, 0.25) is 11.9 Å². The maximum atomic E-state index is 9.49. The lowest BCUT2D eigenvalue weighted by molar-refractivity contribution is 0.0615. The third-order valence-electron chi connectivity index (χ3n) is 2.09. The molecule has 8 nitrogen and oxygen atoms in total. The number of hydrogen-bond acceptors (Lipinski definition) is 8. The van der Waals surface area contributed by atoms with E-state index in [9.17, 15) is 5.11 Å². The molecular weight excluding hydrogens is 250 g/mol. The fraction of sp³-hybridized carbons (Fsp3) is 0.727. The van der Waals surface area contributed by atoms with E-state index in [1.54, 1.807) is 7.11 Å². The summed E-state index contributed by atoms with van der Waals surface area (Å²) in [5.74, 6) is 0.415. The SMILES string of the molecule is COCC(O)CCNc1nc(N)nc(OC(C)C)n1. The minimum atomic E-state index is -0.525. The number of nitrogens with two attached hydrogens (primary N) is 1. The van der Waals surface area contributed by atoms with Gasteiger partial charge in [-0.3, -0.25) is 0 Å². The topological polar surface area (TPSA) is 115 Å². The first-order valence-electron chi connectivity index (χ1n) is 6.10. The van der Waals surface area contributed by atoms with Crippen LogP contribution in [0.1, 0.15) is 20.3 Å². The van der Waals surface area contributed by atoms with Crippen LogP contribution in [-0.2, 0) is 4.74 Å². The normalized spacial score (nSPS) is 12.5. The van der Waals surface area contributed by atoms with Gasteiger partial charge in [0.25, 0.3) is 0 Å². The Morgan fingerprint density at radius 1 is 1.32 bits per heavy atom. The van der Waals surface area contributed by atoms with Crippen molar-refractivity contribution in [3.05, 3.63) is 0 Å². The summed E-state index contributed by atoms with van der Waals surface area (Å²) < 4.78 is 10.2. The molecular formula is C11H21N5O3. The molecule has 0 aliphatic heterocycles. The molecule has 0 amide bonds. The maximum Gasteiger partial charge on any atom is 0.323 e. The molecule has 0 radical (unpaired) electrons. The fourth-order valence-electron chi connectivity index (χ4n) is 1.34. The molecule has 1 aromatic rings. The molecule has 19 heavy (non-hydrogen) atoms. The number of nitrogens with one attached hydrogen (secondary N) is 1. The van der Waals surface area contributed by atoms with Crippen LogP contribution in [0.15, 0.2) is 0 Å². The molecule has 0 saturated carbocycles. The van der Waals surface area contributed by atoms with E-state index in [4.69, 9.17) is 15.2 Å². The number of aromatic nitrogens is 3. The van der Waals surface area contributed by atoms with Gasteiger partial charge in [-0.15, -0.1) is 0 Å². The largest absolute Gasteiger partial charge is 0.461 e. The predicted molar refractivity (Wildman–Crippen MR) is 71.0 cm³/mol. The van der Waals surface area contributed by atoms with Crippen LogP contribution >= 0.6 is 0 Å². The Morgan fingerprint density at radius 3 is 2.68 bits per heavy atom. The van der Waals surface area contributed by atoms with E-state index in [2.05, 4.69) is 20.3 Å². The van der Waals surface area contributed by atoms with Crippen molar-refractivity contribution in [3.63, 3.8) is 0 Å². The minimum Gasteiger partial charge on any atom is -0.461 e. The smallest absolute Gasteiger partial charge is 0.323 e. The van der Waals surface area contributed by atoms with Crippen LogP contribution in [0.5, 0.6) is 6.01 Å². The summed E-state index contributed by atoms with van der Waals surface area (Å²) in [6, 6.07) is 0.183. The Bertz CT molecular complexity index is 389. The molecule has 0 aliphatic rings. The number of nitrogen functional groups attached to an aromatic ring is 1. The highest BCUT2D eigenvalue weighted by atomic mass is 16.5. The highest BCUT2D eigenvalue weighted by Gasteiger charge is 2.08. The second kappa shape index (κ2) is 7.70. The van der Waals surface area contributed by atoms with Gasteiger partial charge in [-0.05, 0) is 20.3 Å². The molecule has 0 fully saturated rings. The van der Waals surface area contributed by atoms with Crippen molar-refractivity contribution in [2.24, 2.45) is 0 Å². The van der Waals surface area contributed by atoms with Crippen molar-refractivity contribution in [1.82, 2.24) is 15.0 Å². The molecule has 0 saturated heterocycles. The summed E-state index contributed by atoms with van der Waals surface area (Å²) in [5, 5.41) is 12.4. The highest BCUT2D eigenvalue weighted by Crippen LogP contribution is 2.10. The van der Waals surface area contributed by atoms with Crippen LogP contribution in [0, 0.1) is 0 Å². The Labute approximate surface area is 112 Å². The molecule has 1 unspecified atom stereocenters. The molecule has 4 N–H and O–H groups in total. The van der Waals surface area contributed by atoms with Gasteiger partial charge in [0.1, 0.15) is 0 Å². The zero-order valence-electron chi connectivity index (χ0n) is 11.5. The van der Waals surface area contributed by atoms with Crippen LogP contribution in [0.2, 0.25) is 0 Å². The first kappa shape index (κ1) is 15.4. The van der Waals surface area contributed by atoms with Gasteiger partial charge in [0.15, 0.2) is 0 Å². The highest BCUT2D eigenvalue weighted by molar-refractivity contribution is 5.32. The number of methoxy groups -OCH3 is 1. The van der Waals surface area contributed by atoms with Gasteiger partial charge in [0.05, 0.1) is 18.8 Å². The quantitative estimate of drug-likeness (QED) is 0.607. The van der Waals surface area contributed by atoms with Crippen molar-refractivity contribution in [2.45, 2.75) is 32.5 Å². The average Bonchev–Trinajstić information content (AvgIpc) is 2.27. The van der Waals surface area contributed by atoms with Gasteiger partial charge in [-0.25, -0.2) is 0 Å². The standard InChI is InChI=1S/C11H21N5O3/c1-7(2)19-11-15-9(12)14-10(16-11)13-5-4-8(17)6-18-3/h7-8,17H,4-6H2,1-3H3,(H3,12,13,14,15,16). The predicted octanol–water partition coefficient (Wildman–Crippen LogP) is 0.0503. The summed E-state index contributed by atoms with van der Waals surface area (Å²) in [4.78, 5) is 11.9. The number of aliphatic hydroxyl groups is 1. The van der Waals surface area contributed by atoms with Crippen molar-refractivity contribution < 1.29 is 14.6 Å². The number of rotatable bonds is 8. The molecule has 1 heterocycles. The lowest BCUT2D eigenvalue weighted by Crippen LogP contribution is -2.19. The minimum absolute atomic E-state index is 0.0434. The third kappa shape index (κ3) is 6.16. The van der Waals surface area contributed by atoms with Crippen LogP contribution in [0.25, 0.3) is 0 Å². The summed E-state index contributed by atoms with van der Waals surface area (Å²) in [6.07, 6.45) is -0.0546. The summed E-state index contributed by atoms with van der Waals surface area (Å²) in [5.41, 5.74) is 5.56. The monoisotopic (exact) mass is 271 g/mol. The molecule has 1 atom stereocenters. The third-order valence-corrected chi connectivity index (χ3v) is 2.09. The van der Waals surface area contributed by atoms with Gasteiger partial charge in [-0.2, -0.15) is 15.0 Å². The molecule has 0 spiro atoms. The van der Waals surface area contributed by atoms with E-state index >= 15 is 0 Å². The number of nitrogens with zero attached hydrogens (tertiary/aromatic N) is 3. The van der Waals surface area contributed by atoms with E-state index in [1.165, 1.54) is 0 Å². The van der Waals surface area contributed by atoms with Crippen LogP contribution in [0.3, 0.4) is 0 Å². The van der Waals surface area contributed by atoms with Gasteiger partial charge in [-0.1, -0.05) is 0 Å². The Hall–Kier alpha value is -1.67. The molecule has 1 rings (SSSR count). The first-order chi connectivity index (χ1) is 9.01. The molecule has 8 heteroatoms. The lowest BCUT2D eigenvalue weighted by atomic mass is 10.3. The van der Waals surface area contributed by atoms with Crippen LogP contribution in [0.4, 0.5) is 11.9 Å². The molecule has 108 valence electrons. The molecule has 0 aromatic carbocycles. The number of hydrogen-bond donors (Lipinski definition) is 3. The number of ether oxygens (including phenoxy) is 2. The van der Waals surface area contributed by atoms with E-state index in [0.29, 0.717) is 25.5 Å². The van der Waals surface area contributed by atoms with Crippen molar-refractivity contribution in [1.29, 1.82) is 0 Å². The molecule has 0 bridgehead atoms. The average molecular weight is 271 g/mol. The van der Waals surface area contributed by atoms with Gasteiger partial charge < -0.3 is 25.6 Å². The Morgan fingerprint density at radius 2 is 2.05 bits per heavy atom. The summed E-state index contributed by atoms with van der Waals surface area (Å²) >= 11 is 0. The van der Waals surface area contributed by atoms with Crippen molar-refractivity contribution in [3.8, 4) is 6.01 Å². The van der Waals surface area contributed by atoms with Crippen LogP contribution < -0.4 is 15.8 Å². The molecule has 1 aromatic heterocycles. The summed E-state index contributed by atoms with van der Waals surface area (Å²) in [7, 11) is 1.54. The second-order valence-electron chi connectivity index (χ2n) is 4.29. The number of aliphatic hydroxyl groups excluding tert-OH is 1. The first-order valence-corrected chi connectivity index (χ1v) is 6.10. The van der Waals surface area contributed by atoms with Crippen molar-refractivity contribution >= 4 is 11.9 Å². The second-order valence-corrected chi connectivity index (χ2v) is 4.29. The van der Waals surface area contributed by atoms with E-state index in [0.717, 1.165) is 0 Å².